The minimum absolute atomic E-state index is 0.200. The molecule has 0 aliphatic heterocycles. The van der Waals surface area contributed by atoms with Crippen molar-refractivity contribution in [3.63, 3.8) is 0 Å². The van der Waals surface area contributed by atoms with Crippen molar-refractivity contribution >= 4 is 49.0 Å². The van der Waals surface area contributed by atoms with Crippen molar-refractivity contribution in [3.8, 4) is 5.75 Å². The Morgan fingerprint density at radius 1 is 1.33 bits per heavy atom. The van der Waals surface area contributed by atoms with E-state index in [0.29, 0.717) is 11.3 Å². The molecule has 5 nitrogen and oxygen atoms in total. The van der Waals surface area contributed by atoms with Gasteiger partial charge in [0.25, 0.3) is 0 Å². The Bertz CT molecular complexity index is 967. The van der Waals surface area contributed by atoms with E-state index in [-0.39, 0.29) is 5.75 Å². The van der Waals surface area contributed by atoms with E-state index in [4.69, 9.17) is 0 Å². The van der Waals surface area contributed by atoms with Crippen molar-refractivity contribution in [1.29, 1.82) is 0 Å². The van der Waals surface area contributed by atoms with Crippen LogP contribution in [0.25, 0.3) is 10.2 Å². The van der Waals surface area contributed by atoms with Gasteiger partial charge in [-0.15, -0.1) is 11.3 Å². The van der Waals surface area contributed by atoms with Crippen LogP contribution in [0.15, 0.2) is 34.1 Å². The lowest BCUT2D eigenvalue weighted by Crippen LogP contribution is -2.02. The van der Waals surface area contributed by atoms with Gasteiger partial charge in [0.2, 0.25) is 0 Å². The molecule has 24 heavy (non-hydrogen) atoms. The van der Waals surface area contributed by atoms with E-state index in [1.807, 2.05) is 13.0 Å². The number of benzene rings is 1. The average Bonchev–Trinajstić information content (AvgIpc) is 3.15. The first kappa shape index (κ1) is 15.5. The first-order valence-electron chi connectivity index (χ1n) is 7.68. The maximum Gasteiger partial charge on any atom is 0.158 e. The Morgan fingerprint density at radius 3 is 3.08 bits per heavy atom. The fraction of sp³-hybridized carbons (Fsp3) is 0.235. The molecule has 1 aromatic carbocycles. The molecule has 2 heterocycles. The number of halogens is 1. The van der Waals surface area contributed by atoms with Crippen LogP contribution in [0.5, 0.6) is 5.75 Å². The van der Waals surface area contributed by atoms with Gasteiger partial charge in [-0.05, 0) is 49.9 Å². The molecule has 1 aliphatic carbocycles. The summed E-state index contributed by atoms with van der Waals surface area (Å²) in [5.41, 5.74) is 5.79. The van der Waals surface area contributed by atoms with Crippen LogP contribution in [0.3, 0.4) is 0 Å². The van der Waals surface area contributed by atoms with Crippen LogP contribution in [0.1, 0.15) is 29.3 Å². The van der Waals surface area contributed by atoms with E-state index in [0.717, 1.165) is 33.3 Å². The lowest BCUT2D eigenvalue weighted by Gasteiger charge is -2.07. The fourth-order valence-corrected chi connectivity index (χ4v) is 4.60. The molecule has 7 heteroatoms. The Balaban J connectivity index is 1.71. The standard InChI is InChI=1S/C17H15BrN4OS/c1-9(12-7-10(18)5-6-13(12)23)21-22-16-15-11-3-2-4-14(11)24-17(15)20-8-19-16/h5-8,23H,2-4H2,1H3,(H,19,20,22)/b21-9+. The predicted octanol–water partition coefficient (Wildman–Crippen LogP) is 4.48. The summed E-state index contributed by atoms with van der Waals surface area (Å²) in [6.45, 7) is 1.85. The first-order valence-corrected chi connectivity index (χ1v) is 9.29. The van der Waals surface area contributed by atoms with Gasteiger partial charge in [-0.25, -0.2) is 9.97 Å². The maximum atomic E-state index is 10.0. The van der Waals surface area contributed by atoms with Crippen LogP contribution in [0.4, 0.5) is 5.82 Å². The van der Waals surface area contributed by atoms with E-state index in [2.05, 4.69) is 36.4 Å². The molecule has 0 bridgehead atoms. The van der Waals surface area contributed by atoms with E-state index < -0.39 is 0 Å². The van der Waals surface area contributed by atoms with E-state index in [1.54, 1.807) is 29.8 Å². The Kier molecular flexibility index (Phi) is 3.97. The molecule has 1 aliphatic rings. The molecular weight excluding hydrogens is 388 g/mol. The molecule has 3 aromatic rings. The zero-order chi connectivity index (χ0) is 16.7. The number of hydrogen-bond donors (Lipinski definition) is 2. The fourth-order valence-electron chi connectivity index (χ4n) is 3.01. The van der Waals surface area contributed by atoms with Crippen LogP contribution in [-0.4, -0.2) is 20.8 Å². The van der Waals surface area contributed by atoms with E-state index >= 15 is 0 Å². The number of phenols is 1. The number of nitrogens with zero attached hydrogens (tertiary/aromatic N) is 3. The number of rotatable bonds is 3. The number of fused-ring (bicyclic) bond motifs is 3. The summed E-state index contributed by atoms with van der Waals surface area (Å²) < 4.78 is 0.893. The molecule has 0 spiro atoms. The van der Waals surface area contributed by atoms with Gasteiger partial charge in [-0.3, -0.25) is 5.43 Å². The summed E-state index contributed by atoms with van der Waals surface area (Å²) >= 11 is 5.17. The summed E-state index contributed by atoms with van der Waals surface area (Å²) in [7, 11) is 0. The molecule has 0 unspecified atom stereocenters. The number of phenolic OH excluding ortho intramolecular Hbond substituents is 1. The summed E-state index contributed by atoms with van der Waals surface area (Å²) in [6, 6.07) is 5.28. The highest BCUT2D eigenvalue weighted by molar-refractivity contribution is 9.10. The molecule has 0 saturated heterocycles. The quantitative estimate of drug-likeness (QED) is 0.500. The number of hydrogen-bond acceptors (Lipinski definition) is 6. The summed E-state index contributed by atoms with van der Waals surface area (Å²) in [6.07, 6.45) is 4.97. The SMILES string of the molecule is C/C(=N\Nc1ncnc2sc3c(c12)CCC3)c1cc(Br)ccc1O. The summed E-state index contributed by atoms with van der Waals surface area (Å²) in [5, 5.41) is 15.5. The van der Waals surface area contributed by atoms with Crippen molar-refractivity contribution in [2.24, 2.45) is 5.10 Å². The normalized spacial score (nSPS) is 14.2. The molecule has 2 N–H and O–H groups in total. The van der Waals surface area contributed by atoms with Crippen LogP contribution in [0.2, 0.25) is 0 Å². The molecule has 4 rings (SSSR count). The van der Waals surface area contributed by atoms with Crippen molar-refractivity contribution < 1.29 is 5.11 Å². The molecule has 0 fully saturated rings. The Hall–Kier alpha value is -1.99. The zero-order valence-electron chi connectivity index (χ0n) is 13.0. The summed E-state index contributed by atoms with van der Waals surface area (Å²) in [4.78, 5) is 11.2. The second-order valence-corrected chi connectivity index (χ2v) is 7.73. The lowest BCUT2D eigenvalue weighted by molar-refractivity contribution is 0.474. The second kappa shape index (κ2) is 6.14. The van der Waals surface area contributed by atoms with Gasteiger partial charge in [-0.2, -0.15) is 5.10 Å². The molecular formula is C17H15BrN4OS. The number of aryl methyl sites for hydroxylation is 2. The highest BCUT2D eigenvalue weighted by atomic mass is 79.9. The highest BCUT2D eigenvalue weighted by Gasteiger charge is 2.21. The highest BCUT2D eigenvalue weighted by Crippen LogP contribution is 2.39. The Morgan fingerprint density at radius 2 is 2.21 bits per heavy atom. The van der Waals surface area contributed by atoms with Crippen LogP contribution in [-0.2, 0) is 12.8 Å². The molecule has 0 atom stereocenters. The van der Waals surface area contributed by atoms with Gasteiger partial charge in [0, 0.05) is 14.9 Å². The first-order chi connectivity index (χ1) is 11.6. The van der Waals surface area contributed by atoms with Crippen molar-refractivity contribution in [2.45, 2.75) is 26.2 Å². The average molecular weight is 403 g/mol. The Labute approximate surface area is 151 Å². The number of nitrogens with one attached hydrogen (secondary N) is 1. The smallest absolute Gasteiger partial charge is 0.158 e. The minimum atomic E-state index is 0.200. The number of anilines is 1. The third-order valence-corrected chi connectivity index (χ3v) is 5.87. The molecule has 122 valence electrons. The van der Waals surface area contributed by atoms with Crippen molar-refractivity contribution in [3.05, 3.63) is 45.0 Å². The predicted molar refractivity (Wildman–Crippen MR) is 101 cm³/mol. The molecule has 0 saturated carbocycles. The number of thiophene rings is 1. The lowest BCUT2D eigenvalue weighted by atomic mass is 10.1. The topological polar surface area (TPSA) is 70.4 Å². The van der Waals surface area contributed by atoms with Crippen LogP contribution >= 0.6 is 27.3 Å². The van der Waals surface area contributed by atoms with Gasteiger partial charge < -0.3 is 5.11 Å². The third kappa shape index (κ3) is 2.67. The van der Waals surface area contributed by atoms with Crippen LogP contribution in [0, 0.1) is 0 Å². The maximum absolute atomic E-state index is 10.0. The number of aromatic hydroxyl groups is 1. The van der Waals surface area contributed by atoms with E-state index in [1.165, 1.54) is 16.9 Å². The minimum Gasteiger partial charge on any atom is -0.507 e. The second-order valence-electron chi connectivity index (χ2n) is 5.73. The zero-order valence-corrected chi connectivity index (χ0v) is 15.4. The van der Waals surface area contributed by atoms with E-state index in [9.17, 15) is 5.11 Å². The molecule has 0 radical (unpaired) electrons. The van der Waals surface area contributed by atoms with Crippen LogP contribution < -0.4 is 5.43 Å². The molecule has 2 aromatic heterocycles. The number of hydrazone groups is 1. The van der Waals surface area contributed by atoms with Gasteiger partial charge in [0.15, 0.2) is 5.82 Å². The number of aromatic nitrogens is 2. The molecule has 0 amide bonds. The van der Waals surface area contributed by atoms with Gasteiger partial charge >= 0.3 is 0 Å². The van der Waals surface area contributed by atoms with Gasteiger partial charge in [-0.1, -0.05) is 15.9 Å². The third-order valence-electron chi connectivity index (χ3n) is 4.18. The van der Waals surface area contributed by atoms with Crippen molar-refractivity contribution in [1.82, 2.24) is 9.97 Å². The van der Waals surface area contributed by atoms with Crippen molar-refractivity contribution in [2.75, 3.05) is 5.43 Å². The van der Waals surface area contributed by atoms with Gasteiger partial charge in [0.1, 0.15) is 16.9 Å². The summed E-state index contributed by atoms with van der Waals surface area (Å²) in [5.74, 6) is 0.929. The van der Waals surface area contributed by atoms with Gasteiger partial charge in [0.05, 0.1) is 11.1 Å². The largest absolute Gasteiger partial charge is 0.507 e. The monoisotopic (exact) mass is 402 g/mol.